The molecule has 0 aliphatic carbocycles. The van der Waals surface area contributed by atoms with Crippen molar-refractivity contribution in [2.45, 2.75) is 58.6 Å². The lowest BCUT2D eigenvalue weighted by Crippen LogP contribution is -2.42. The lowest BCUT2D eigenvalue weighted by Gasteiger charge is -2.40. The Morgan fingerprint density at radius 1 is 1.27 bits per heavy atom. The fourth-order valence-corrected chi connectivity index (χ4v) is 3.09. The van der Waals surface area contributed by atoms with Crippen molar-refractivity contribution in [1.82, 2.24) is 10.2 Å². The molecule has 0 amide bonds. The first-order valence-electron chi connectivity index (χ1n) is 8.53. The topological polar surface area (TPSA) is 24.5 Å². The zero-order valence-electron chi connectivity index (χ0n) is 15.1. The summed E-state index contributed by atoms with van der Waals surface area (Å²) >= 11 is 0. The molecular weight excluding hydrogens is 272 g/mol. The summed E-state index contributed by atoms with van der Waals surface area (Å²) in [4.78, 5) is 2.24. The summed E-state index contributed by atoms with van der Waals surface area (Å²) in [5, 5.41) is 3.76. The number of hydrogen-bond acceptors (Lipinski definition) is 3. The van der Waals surface area contributed by atoms with Gasteiger partial charge in [0.1, 0.15) is 11.4 Å². The summed E-state index contributed by atoms with van der Waals surface area (Å²) in [5.41, 5.74) is 3.93. The molecule has 1 heterocycles. The highest BCUT2D eigenvalue weighted by molar-refractivity contribution is 5.45. The van der Waals surface area contributed by atoms with Gasteiger partial charge in [-0.2, -0.15) is 0 Å². The van der Waals surface area contributed by atoms with Crippen LogP contribution in [0.15, 0.2) is 12.1 Å². The molecule has 2 atom stereocenters. The van der Waals surface area contributed by atoms with E-state index in [0.717, 1.165) is 31.7 Å². The Labute approximate surface area is 136 Å². The third kappa shape index (κ3) is 4.02. The van der Waals surface area contributed by atoms with Crippen LogP contribution in [0, 0.1) is 13.8 Å². The first-order valence-corrected chi connectivity index (χ1v) is 8.53. The molecule has 3 heteroatoms. The number of rotatable bonds is 6. The van der Waals surface area contributed by atoms with Gasteiger partial charge in [0.2, 0.25) is 0 Å². The van der Waals surface area contributed by atoms with Crippen molar-refractivity contribution in [3.8, 4) is 5.75 Å². The zero-order valence-corrected chi connectivity index (χ0v) is 15.1. The maximum atomic E-state index is 6.33. The van der Waals surface area contributed by atoms with E-state index in [1.165, 1.54) is 23.1 Å². The van der Waals surface area contributed by atoms with Crippen molar-refractivity contribution in [1.29, 1.82) is 0 Å². The molecule has 3 nitrogen and oxygen atoms in total. The normalized spacial score (nSPS) is 24.2. The van der Waals surface area contributed by atoms with Gasteiger partial charge >= 0.3 is 0 Å². The zero-order chi connectivity index (χ0) is 16.3. The van der Waals surface area contributed by atoms with Crippen molar-refractivity contribution in [2.24, 2.45) is 0 Å². The number of nitrogens with one attached hydrogen (secondary N) is 1. The van der Waals surface area contributed by atoms with Crippen molar-refractivity contribution < 1.29 is 4.74 Å². The average molecular weight is 304 g/mol. The molecule has 2 rings (SSSR count). The van der Waals surface area contributed by atoms with Gasteiger partial charge in [0.05, 0.1) is 0 Å². The van der Waals surface area contributed by atoms with E-state index in [1.54, 1.807) is 0 Å². The van der Waals surface area contributed by atoms with Crippen LogP contribution in [0.4, 0.5) is 0 Å². The predicted molar refractivity (Wildman–Crippen MR) is 93.8 cm³/mol. The van der Waals surface area contributed by atoms with E-state index >= 15 is 0 Å². The first kappa shape index (κ1) is 17.3. The van der Waals surface area contributed by atoms with Crippen LogP contribution in [-0.2, 0) is 0 Å². The second-order valence-corrected chi connectivity index (χ2v) is 7.25. The molecule has 1 aliphatic rings. The second kappa shape index (κ2) is 7.01. The molecule has 0 bridgehead atoms. The van der Waals surface area contributed by atoms with Crippen molar-refractivity contribution >= 4 is 0 Å². The standard InChI is InChI=1S/C19H32N2O/c1-7-19(4)13-17(20-9-8-10-21(5)6)16-11-14(2)15(3)12-18(16)22-19/h11-12,17,20H,7-10,13H2,1-6H3. The van der Waals surface area contributed by atoms with Crippen LogP contribution >= 0.6 is 0 Å². The Morgan fingerprint density at radius 2 is 1.95 bits per heavy atom. The van der Waals surface area contributed by atoms with Crippen LogP contribution in [0.1, 0.15) is 55.8 Å². The minimum atomic E-state index is -0.0616. The van der Waals surface area contributed by atoms with Gasteiger partial charge in [0.25, 0.3) is 0 Å². The van der Waals surface area contributed by atoms with Gasteiger partial charge < -0.3 is 15.0 Å². The Hall–Kier alpha value is -1.06. The number of ether oxygens (including phenoxy) is 1. The van der Waals surface area contributed by atoms with Crippen LogP contribution in [-0.4, -0.2) is 37.7 Å². The summed E-state index contributed by atoms with van der Waals surface area (Å²) in [5.74, 6) is 1.07. The highest BCUT2D eigenvalue weighted by Crippen LogP contribution is 2.42. The van der Waals surface area contributed by atoms with Gasteiger partial charge in [-0.05, 0) is 78.0 Å². The van der Waals surface area contributed by atoms with Crippen LogP contribution in [0.3, 0.4) is 0 Å². The summed E-state index contributed by atoms with van der Waals surface area (Å²) in [6.07, 6.45) is 3.25. The van der Waals surface area contributed by atoms with Crippen molar-refractivity contribution in [3.05, 3.63) is 28.8 Å². The Bertz CT molecular complexity index is 512. The second-order valence-electron chi connectivity index (χ2n) is 7.25. The lowest BCUT2D eigenvalue weighted by atomic mass is 9.85. The molecule has 0 spiro atoms. The fourth-order valence-electron chi connectivity index (χ4n) is 3.09. The van der Waals surface area contributed by atoms with Crippen molar-refractivity contribution in [3.63, 3.8) is 0 Å². The summed E-state index contributed by atoms with van der Waals surface area (Å²) in [6, 6.07) is 4.92. The van der Waals surface area contributed by atoms with Crippen LogP contribution in [0.5, 0.6) is 5.75 Å². The maximum Gasteiger partial charge on any atom is 0.125 e. The number of hydrogen-bond donors (Lipinski definition) is 1. The van der Waals surface area contributed by atoms with E-state index < -0.39 is 0 Å². The molecule has 124 valence electrons. The van der Waals surface area contributed by atoms with Gasteiger partial charge in [-0.15, -0.1) is 0 Å². The average Bonchev–Trinajstić information content (AvgIpc) is 2.45. The van der Waals surface area contributed by atoms with E-state index in [1.807, 2.05) is 0 Å². The molecule has 0 saturated carbocycles. The monoisotopic (exact) mass is 304 g/mol. The van der Waals surface area contributed by atoms with E-state index in [0.29, 0.717) is 6.04 Å². The number of benzene rings is 1. The summed E-state index contributed by atoms with van der Waals surface area (Å²) in [7, 11) is 4.26. The molecule has 1 aromatic rings. The van der Waals surface area contributed by atoms with E-state index in [4.69, 9.17) is 4.74 Å². The summed E-state index contributed by atoms with van der Waals surface area (Å²) in [6.45, 7) is 11.0. The minimum absolute atomic E-state index is 0.0616. The first-order chi connectivity index (χ1) is 10.3. The van der Waals surface area contributed by atoms with Gasteiger partial charge in [0.15, 0.2) is 0 Å². The minimum Gasteiger partial charge on any atom is -0.487 e. The third-order valence-corrected chi connectivity index (χ3v) is 4.91. The third-order valence-electron chi connectivity index (χ3n) is 4.91. The molecule has 0 saturated heterocycles. The van der Waals surface area contributed by atoms with Crippen LogP contribution in [0.2, 0.25) is 0 Å². The molecule has 1 N–H and O–H groups in total. The quantitative estimate of drug-likeness (QED) is 0.808. The molecule has 1 aliphatic heterocycles. The van der Waals surface area contributed by atoms with Gasteiger partial charge in [0, 0.05) is 18.0 Å². The Kier molecular flexibility index (Phi) is 5.51. The fraction of sp³-hybridized carbons (Fsp3) is 0.684. The smallest absolute Gasteiger partial charge is 0.125 e. The number of aryl methyl sites for hydroxylation is 2. The number of nitrogens with zero attached hydrogens (tertiary/aromatic N) is 1. The predicted octanol–water partition coefficient (Wildman–Crippen LogP) is 3.84. The van der Waals surface area contributed by atoms with E-state index in [9.17, 15) is 0 Å². The van der Waals surface area contributed by atoms with Gasteiger partial charge in [-0.25, -0.2) is 0 Å². The Morgan fingerprint density at radius 3 is 2.59 bits per heavy atom. The Balaban J connectivity index is 2.16. The SMILES string of the molecule is CCC1(C)CC(NCCCN(C)C)c2cc(C)c(C)cc2O1. The molecular formula is C19H32N2O. The molecule has 2 unspecified atom stereocenters. The van der Waals surface area contributed by atoms with Gasteiger partial charge in [-0.3, -0.25) is 0 Å². The molecule has 0 fully saturated rings. The lowest BCUT2D eigenvalue weighted by molar-refractivity contribution is 0.0441. The number of fused-ring (bicyclic) bond motifs is 1. The van der Waals surface area contributed by atoms with Crippen LogP contribution < -0.4 is 10.1 Å². The van der Waals surface area contributed by atoms with E-state index in [-0.39, 0.29) is 5.60 Å². The molecule has 0 aromatic heterocycles. The van der Waals surface area contributed by atoms with Crippen LogP contribution in [0.25, 0.3) is 0 Å². The highest BCUT2D eigenvalue weighted by Gasteiger charge is 2.36. The largest absolute Gasteiger partial charge is 0.487 e. The van der Waals surface area contributed by atoms with Gasteiger partial charge in [-0.1, -0.05) is 13.0 Å². The van der Waals surface area contributed by atoms with E-state index in [2.05, 4.69) is 64.1 Å². The maximum absolute atomic E-state index is 6.33. The molecule has 1 aromatic carbocycles. The summed E-state index contributed by atoms with van der Waals surface area (Å²) < 4.78 is 6.33. The molecule has 22 heavy (non-hydrogen) atoms. The molecule has 0 radical (unpaired) electrons. The van der Waals surface area contributed by atoms with Crippen molar-refractivity contribution in [2.75, 3.05) is 27.2 Å². The highest BCUT2D eigenvalue weighted by atomic mass is 16.5.